The van der Waals surface area contributed by atoms with Crippen molar-refractivity contribution in [2.75, 3.05) is 25.5 Å². The first-order chi connectivity index (χ1) is 11.6. The van der Waals surface area contributed by atoms with E-state index in [2.05, 4.69) is 5.32 Å². The molecule has 1 aromatic carbocycles. The Morgan fingerprint density at radius 3 is 2.56 bits per heavy atom. The number of alkyl halides is 3. The molecular formula is C16H19F3N2O4. The molecule has 0 spiro atoms. The largest absolute Gasteiger partial charge is 0.497 e. The van der Waals surface area contributed by atoms with E-state index in [4.69, 9.17) is 9.84 Å². The van der Waals surface area contributed by atoms with Crippen molar-refractivity contribution in [3.63, 3.8) is 0 Å². The lowest BCUT2D eigenvalue weighted by atomic mass is 9.91. The Morgan fingerprint density at radius 1 is 1.32 bits per heavy atom. The molecule has 9 heteroatoms. The molecule has 1 aliphatic rings. The van der Waals surface area contributed by atoms with Crippen molar-refractivity contribution < 1.29 is 32.6 Å². The Bertz CT molecular complexity index is 663. The molecule has 2 N–H and O–H groups in total. The molecular weight excluding hydrogens is 341 g/mol. The van der Waals surface area contributed by atoms with Gasteiger partial charge >= 0.3 is 18.2 Å². The van der Waals surface area contributed by atoms with Crippen molar-refractivity contribution in [3.8, 4) is 5.75 Å². The van der Waals surface area contributed by atoms with Crippen molar-refractivity contribution in [2.24, 2.45) is 11.8 Å². The summed E-state index contributed by atoms with van der Waals surface area (Å²) in [4.78, 5) is 24.7. The molecule has 0 aliphatic carbocycles. The van der Waals surface area contributed by atoms with Gasteiger partial charge < -0.3 is 20.1 Å². The zero-order chi connectivity index (χ0) is 18.8. The highest BCUT2D eigenvalue weighted by Crippen LogP contribution is 2.37. The van der Waals surface area contributed by atoms with E-state index in [9.17, 15) is 22.8 Å². The van der Waals surface area contributed by atoms with Gasteiger partial charge in [-0.1, -0.05) is 6.92 Å². The molecule has 0 saturated carbocycles. The summed E-state index contributed by atoms with van der Waals surface area (Å²) in [6, 6.07) is 2.47. The molecule has 0 radical (unpaired) electrons. The molecule has 25 heavy (non-hydrogen) atoms. The van der Waals surface area contributed by atoms with Crippen molar-refractivity contribution in [2.45, 2.75) is 19.5 Å². The highest BCUT2D eigenvalue weighted by Gasteiger charge is 2.36. The Labute approximate surface area is 142 Å². The molecule has 2 atom stereocenters. The number of piperidine rings is 1. The molecule has 2 unspecified atom stereocenters. The molecule has 2 rings (SSSR count). The van der Waals surface area contributed by atoms with Crippen LogP contribution >= 0.6 is 0 Å². The quantitative estimate of drug-likeness (QED) is 0.867. The first kappa shape index (κ1) is 18.9. The number of amides is 2. The van der Waals surface area contributed by atoms with E-state index in [1.807, 2.05) is 0 Å². The molecule has 1 aromatic rings. The van der Waals surface area contributed by atoms with Crippen LogP contribution < -0.4 is 10.1 Å². The van der Waals surface area contributed by atoms with Crippen LogP contribution in [0, 0.1) is 11.8 Å². The van der Waals surface area contributed by atoms with Gasteiger partial charge in [-0.25, -0.2) is 4.79 Å². The van der Waals surface area contributed by atoms with Gasteiger partial charge in [0.1, 0.15) is 5.75 Å². The van der Waals surface area contributed by atoms with Crippen LogP contribution in [0.2, 0.25) is 0 Å². The number of carboxylic acid groups (broad SMARTS) is 1. The molecule has 0 aromatic heterocycles. The average molecular weight is 360 g/mol. The Balaban J connectivity index is 2.21. The summed E-state index contributed by atoms with van der Waals surface area (Å²) < 4.78 is 44.4. The van der Waals surface area contributed by atoms with E-state index in [1.165, 1.54) is 18.1 Å². The number of hydrogen-bond acceptors (Lipinski definition) is 3. The monoisotopic (exact) mass is 360 g/mol. The van der Waals surface area contributed by atoms with Gasteiger partial charge in [-0.3, -0.25) is 4.79 Å². The second-order valence-electron chi connectivity index (χ2n) is 6.12. The molecule has 138 valence electrons. The van der Waals surface area contributed by atoms with E-state index in [1.54, 1.807) is 6.92 Å². The summed E-state index contributed by atoms with van der Waals surface area (Å²) in [5, 5.41) is 11.4. The number of nitrogens with one attached hydrogen (secondary N) is 1. The number of carboxylic acids is 1. The number of benzene rings is 1. The lowest BCUT2D eigenvalue weighted by Crippen LogP contribution is -2.47. The van der Waals surface area contributed by atoms with Crippen LogP contribution in [0.5, 0.6) is 5.75 Å². The third-order valence-corrected chi connectivity index (χ3v) is 4.07. The van der Waals surface area contributed by atoms with Crippen molar-refractivity contribution in [3.05, 3.63) is 23.8 Å². The maximum Gasteiger partial charge on any atom is 0.418 e. The number of ether oxygens (including phenoxy) is 1. The van der Waals surface area contributed by atoms with Crippen LogP contribution in [0.1, 0.15) is 18.9 Å². The zero-order valence-electron chi connectivity index (χ0n) is 13.8. The van der Waals surface area contributed by atoms with Gasteiger partial charge in [-0.15, -0.1) is 0 Å². The van der Waals surface area contributed by atoms with Gasteiger partial charge in [0.2, 0.25) is 0 Å². The number of likely N-dealkylation sites (tertiary alicyclic amines) is 1. The molecule has 2 amide bonds. The maximum atomic E-state index is 13.2. The van der Waals surface area contributed by atoms with Crippen molar-refractivity contribution in [1.29, 1.82) is 0 Å². The minimum atomic E-state index is -4.67. The smallest absolute Gasteiger partial charge is 0.418 e. The van der Waals surface area contributed by atoms with Gasteiger partial charge in [0.25, 0.3) is 0 Å². The van der Waals surface area contributed by atoms with Crippen molar-refractivity contribution in [1.82, 2.24) is 4.90 Å². The summed E-state index contributed by atoms with van der Waals surface area (Å²) in [6.07, 6.45) is -4.24. The molecule has 0 bridgehead atoms. The minimum Gasteiger partial charge on any atom is -0.497 e. The normalized spacial score (nSPS) is 20.9. The molecule has 6 nitrogen and oxygen atoms in total. The minimum absolute atomic E-state index is 0.0165. The van der Waals surface area contributed by atoms with Gasteiger partial charge in [-0.2, -0.15) is 13.2 Å². The first-order valence-electron chi connectivity index (χ1n) is 7.65. The molecule has 1 heterocycles. The third kappa shape index (κ3) is 4.55. The number of urea groups is 1. The summed E-state index contributed by atoms with van der Waals surface area (Å²) in [5.41, 5.74) is -1.43. The molecule has 1 saturated heterocycles. The average Bonchev–Trinajstić information content (AvgIpc) is 2.53. The van der Waals surface area contributed by atoms with E-state index in [0.717, 1.165) is 12.1 Å². The van der Waals surface area contributed by atoms with Gasteiger partial charge in [0, 0.05) is 13.1 Å². The van der Waals surface area contributed by atoms with Crippen LogP contribution in [0.25, 0.3) is 0 Å². The highest BCUT2D eigenvalue weighted by molar-refractivity contribution is 5.91. The Kier molecular flexibility index (Phi) is 5.44. The van der Waals surface area contributed by atoms with Crippen molar-refractivity contribution >= 4 is 17.7 Å². The Morgan fingerprint density at radius 2 is 2.00 bits per heavy atom. The number of carbonyl (C=O) groups excluding carboxylic acids is 1. The standard InChI is InChI=1S/C16H19F3N2O4/c1-9-5-10(14(22)23)8-21(7-9)15(24)20-13-4-3-11(25-2)6-12(13)16(17,18)19/h3-4,6,9-10H,5,7-8H2,1-2H3,(H,20,24)(H,22,23). The number of nitrogens with zero attached hydrogens (tertiary/aromatic N) is 1. The number of anilines is 1. The fourth-order valence-corrected chi connectivity index (χ4v) is 2.88. The van der Waals surface area contributed by atoms with Gasteiger partial charge in [0.15, 0.2) is 0 Å². The van der Waals surface area contributed by atoms with E-state index >= 15 is 0 Å². The Hall–Kier alpha value is -2.45. The highest BCUT2D eigenvalue weighted by atomic mass is 19.4. The lowest BCUT2D eigenvalue weighted by molar-refractivity contribution is -0.143. The summed E-state index contributed by atoms with van der Waals surface area (Å²) in [7, 11) is 1.24. The molecule has 1 fully saturated rings. The van der Waals surface area contributed by atoms with Crippen LogP contribution in [0.4, 0.5) is 23.7 Å². The number of hydrogen-bond donors (Lipinski definition) is 2. The number of halogens is 3. The van der Waals surface area contributed by atoms with Crippen LogP contribution in [-0.2, 0) is 11.0 Å². The van der Waals surface area contributed by atoms with Gasteiger partial charge in [0.05, 0.1) is 24.3 Å². The van der Waals surface area contributed by atoms with E-state index in [0.29, 0.717) is 6.42 Å². The van der Waals surface area contributed by atoms with E-state index < -0.39 is 35.3 Å². The van der Waals surface area contributed by atoms with Crippen LogP contribution in [0.3, 0.4) is 0 Å². The van der Waals surface area contributed by atoms with Gasteiger partial charge in [-0.05, 0) is 30.5 Å². The predicted octanol–water partition coefficient (Wildman–Crippen LogP) is 3.29. The summed E-state index contributed by atoms with van der Waals surface area (Å²) in [5.74, 6) is -1.79. The second-order valence-corrected chi connectivity index (χ2v) is 6.12. The number of aliphatic carboxylic acids is 1. The van der Waals surface area contributed by atoms with Crippen LogP contribution in [0.15, 0.2) is 18.2 Å². The number of rotatable bonds is 3. The fraction of sp³-hybridized carbons (Fsp3) is 0.500. The predicted molar refractivity (Wildman–Crippen MR) is 83.5 cm³/mol. The van der Waals surface area contributed by atoms with E-state index in [-0.39, 0.29) is 24.8 Å². The zero-order valence-corrected chi connectivity index (χ0v) is 13.8. The number of methoxy groups -OCH3 is 1. The topological polar surface area (TPSA) is 78.9 Å². The summed E-state index contributed by atoms with van der Waals surface area (Å²) >= 11 is 0. The number of carbonyl (C=O) groups is 2. The first-order valence-corrected chi connectivity index (χ1v) is 7.65. The molecule has 1 aliphatic heterocycles. The third-order valence-electron chi connectivity index (χ3n) is 4.07. The SMILES string of the molecule is COc1ccc(NC(=O)N2CC(C)CC(C(=O)O)C2)c(C(F)(F)F)c1. The lowest BCUT2D eigenvalue weighted by Gasteiger charge is -2.34. The summed E-state index contributed by atoms with van der Waals surface area (Å²) in [6.45, 7) is 2.04. The second kappa shape index (κ2) is 7.20. The fourth-order valence-electron chi connectivity index (χ4n) is 2.88. The maximum absolute atomic E-state index is 13.2. The van der Waals surface area contributed by atoms with Crippen LogP contribution in [-0.4, -0.2) is 42.2 Å².